The molecule has 2 heterocycles. The van der Waals surface area contributed by atoms with Gasteiger partial charge in [0.2, 0.25) is 0 Å². The van der Waals surface area contributed by atoms with Crippen molar-refractivity contribution in [2.75, 3.05) is 31.1 Å². The molecule has 0 aromatic carbocycles. The van der Waals surface area contributed by atoms with Crippen molar-refractivity contribution in [1.82, 2.24) is 9.29 Å². The van der Waals surface area contributed by atoms with E-state index in [1.807, 2.05) is 12.1 Å². The minimum Gasteiger partial charge on any atom is -0.369 e. The van der Waals surface area contributed by atoms with Crippen molar-refractivity contribution in [3.8, 4) is 0 Å². The number of pyridine rings is 1. The first-order valence-electron chi connectivity index (χ1n) is 4.95. The van der Waals surface area contributed by atoms with Gasteiger partial charge in [-0.25, -0.2) is 0 Å². The Bertz CT molecular complexity index is 440. The van der Waals surface area contributed by atoms with Crippen LogP contribution in [0.3, 0.4) is 0 Å². The van der Waals surface area contributed by atoms with E-state index in [4.69, 9.17) is 4.55 Å². The molecule has 1 aliphatic heterocycles. The molecule has 1 saturated heterocycles. The van der Waals surface area contributed by atoms with E-state index in [9.17, 15) is 8.42 Å². The summed E-state index contributed by atoms with van der Waals surface area (Å²) in [6.07, 6.45) is 3.40. The van der Waals surface area contributed by atoms with Gasteiger partial charge >= 0.3 is 10.3 Å². The van der Waals surface area contributed by atoms with Gasteiger partial charge in [-0.15, -0.1) is 0 Å². The van der Waals surface area contributed by atoms with E-state index in [-0.39, 0.29) is 0 Å². The van der Waals surface area contributed by atoms with Crippen LogP contribution >= 0.6 is 0 Å². The minimum atomic E-state index is -4.04. The van der Waals surface area contributed by atoms with Crippen LogP contribution in [-0.4, -0.2) is 48.4 Å². The summed E-state index contributed by atoms with van der Waals surface area (Å²) < 4.78 is 31.7. The van der Waals surface area contributed by atoms with Crippen LogP contribution < -0.4 is 4.90 Å². The molecule has 0 unspecified atom stereocenters. The second kappa shape index (κ2) is 4.36. The lowest BCUT2D eigenvalue weighted by molar-refractivity contribution is 0.335. The van der Waals surface area contributed by atoms with Crippen LogP contribution in [-0.2, 0) is 10.3 Å². The Hall–Kier alpha value is -1.18. The number of hydrogen-bond acceptors (Lipinski definition) is 4. The first-order chi connectivity index (χ1) is 7.57. The van der Waals surface area contributed by atoms with E-state index < -0.39 is 10.3 Å². The second-order valence-corrected chi connectivity index (χ2v) is 4.98. The number of anilines is 1. The van der Waals surface area contributed by atoms with Gasteiger partial charge in [-0.05, 0) is 12.1 Å². The molecule has 1 aromatic rings. The number of nitrogens with zero attached hydrogens (tertiary/aromatic N) is 3. The lowest BCUT2D eigenvalue weighted by Crippen LogP contribution is -2.48. The summed E-state index contributed by atoms with van der Waals surface area (Å²) in [7, 11) is -4.04. The molecule has 0 bridgehead atoms. The van der Waals surface area contributed by atoms with E-state index in [1.54, 1.807) is 12.4 Å². The molecule has 2 rings (SSSR count). The molecule has 0 saturated carbocycles. The van der Waals surface area contributed by atoms with Crippen molar-refractivity contribution in [1.29, 1.82) is 0 Å². The molecule has 0 spiro atoms. The molecule has 1 N–H and O–H groups in total. The van der Waals surface area contributed by atoms with Gasteiger partial charge in [-0.2, -0.15) is 12.7 Å². The Morgan fingerprint density at radius 2 is 1.69 bits per heavy atom. The van der Waals surface area contributed by atoms with Crippen molar-refractivity contribution in [2.24, 2.45) is 0 Å². The fraction of sp³-hybridized carbons (Fsp3) is 0.444. The Balaban J connectivity index is 2.01. The van der Waals surface area contributed by atoms with E-state index in [2.05, 4.69) is 9.88 Å². The number of aromatic nitrogens is 1. The quantitative estimate of drug-likeness (QED) is 0.740. The summed E-state index contributed by atoms with van der Waals surface area (Å²) in [4.78, 5) is 5.98. The molecular formula is C9H13N3O3S. The van der Waals surface area contributed by atoms with Gasteiger partial charge < -0.3 is 4.90 Å². The maximum atomic E-state index is 10.9. The zero-order chi connectivity index (χ0) is 11.6. The predicted octanol–water partition coefficient (Wildman–Crippen LogP) is 0.00640. The lowest BCUT2D eigenvalue weighted by Gasteiger charge is -2.33. The summed E-state index contributed by atoms with van der Waals surface area (Å²) in [6, 6.07) is 3.76. The van der Waals surface area contributed by atoms with Gasteiger partial charge in [0, 0.05) is 44.3 Å². The molecular weight excluding hydrogens is 230 g/mol. The molecule has 88 valence electrons. The predicted molar refractivity (Wildman–Crippen MR) is 59.6 cm³/mol. The molecule has 1 aliphatic rings. The lowest BCUT2D eigenvalue weighted by atomic mass is 10.3. The molecule has 0 amide bonds. The van der Waals surface area contributed by atoms with Crippen LogP contribution in [0, 0.1) is 0 Å². The molecule has 6 nitrogen and oxygen atoms in total. The van der Waals surface area contributed by atoms with Gasteiger partial charge in [-0.3, -0.25) is 9.54 Å². The van der Waals surface area contributed by atoms with Crippen molar-refractivity contribution in [3.05, 3.63) is 24.5 Å². The smallest absolute Gasteiger partial charge is 0.336 e. The average Bonchev–Trinajstić information content (AvgIpc) is 2.29. The first-order valence-corrected chi connectivity index (χ1v) is 6.34. The highest BCUT2D eigenvalue weighted by Gasteiger charge is 2.24. The molecule has 16 heavy (non-hydrogen) atoms. The zero-order valence-electron chi connectivity index (χ0n) is 8.65. The highest BCUT2D eigenvalue weighted by molar-refractivity contribution is 7.83. The second-order valence-electron chi connectivity index (χ2n) is 3.57. The van der Waals surface area contributed by atoms with Crippen LogP contribution in [0.15, 0.2) is 24.5 Å². The van der Waals surface area contributed by atoms with Crippen molar-refractivity contribution >= 4 is 16.0 Å². The third-order valence-corrected chi connectivity index (χ3v) is 3.61. The van der Waals surface area contributed by atoms with Crippen LogP contribution in [0.4, 0.5) is 5.69 Å². The largest absolute Gasteiger partial charge is 0.369 e. The molecule has 7 heteroatoms. The van der Waals surface area contributed by atoms with E-state index in [0.29, 0.717) is 26.2 Å². The van der Waals surface area contributed by atoms with Crippen LogP contribution in [0.1, 0.15) is 0 Å². The summed E-state index contributed by atoms with van der Waals surface area (Å²) in [5.41, 5.74) is 1.02. The molecule has 0 radical (unpaired) electrons. The summed E-state index contributed by atoms with van der Waals surface area (Å²) >= 11 is 0. The van der Waals surface area contributed by atoms with E-state index in [1.165, 1.54) is 0 Å². The van der Waals surface area contributed by atoms with Crippen LogP contribution in [0.25, 0.3) is 0 Å². The minimum absolute atomic E-state index is 0.307. The number of piperazine rings is 1. The van der Waals surface area contributed by atoms with Crippen molar-refractivity contribution in [2.45, 2.75) is 0 Å². The monoisotopic (exact) mass is 243 g/mol. The summed E-state index contributed by atoms with van der Waals surface area (Å²) in [5.74, 6) is 0. The third kappa shape index (κ3) is 2.49. The fourth-order valence-corrected chi connectivity index (χ4v) is 2.36. The Kier molecular flexibility index (Phi) is 3.08. The highest BCUT2D eigenvalue weighted by atomic mass is 32.2. The van der Waals surface area contributed by atoms with Gasteiger partial charge in [0.15, 0.2) is 0 Å². The first kappa shape index (κ1) is 11.3. The molecule has 0 aliphatic carbocycles. The molecule has 1 aromatic heterocycles. The number of rotatable bonds is 2. The topological polar surface area (TPSA) is 73.7 Å². The fourth-order valence-electron chi connectivity index (χ4n) is 1.73. The standard InChI is InChI=1S/C9H13N3O3S/c13-16(14,15)12-7-5-11(6-8-12)9-1-3-10-4-2-9/h1-4H,5-8H2,(H,13,14,15). The number of hydrogen-bond donors (Lipinski definition) is 1. The Morgan fingerprint density at radius 1 is 1.12 bits per heavy atom. The zero-order valence-corrected chi connectivity index (χ0v) is 9.47. The highest BCUT2D eigenvalue weighted by Crippen LogP contribution is 2.15. The Morgan fingerprint density at radius 3 is 2.19 bits per heavy atom. The molecule has 1 fully saturated rings. The summed E-state index contributed by atoms with van der Waals surface area (Å²) in [5, 5.41) is 0. The van der Waals surface area contributed by atoms with Crippen molar-refractivity contribution < 1.29 is 13.0 Å². The van der Waals surface area contributed by atoms with Gasteiger partial charge in [0.1, 0.15) is 0 Å². The van der Waals surface area contributed by atoms with Crippen LogP contribution in [0.5, 0.6) is 0 Å². The maximum absolute atomic E-state index is 10.9. The van der Waals surface area contributed by atoms with E-state index in [0.717, 1.165) is 9.99 Å². The average molecular weight is 243 g/mol. The van der Waals surface area contributed by atoms with Crippen molar-refractivity contribution in [3.63, 3.8) is 0 Å². The third-order valence-electron chi connectivity index (χ3n) is 2.59. The Labute approximate surface area is 94.4 Å². The maximum Gasteiger partial charge on any atom is 0.336 e. The van der Waals surface area contributed by atoms with E-state index >= 15 is 0 Å². The SMILES string of the molecule is O=S(=O)(O)N1CCN(c2ccncc2)CC1. The van der Waals surface area contributed by atoms with Gasteiger partial charge in [0.25, 0.3) is 0 Å². The van der Waals surface area contributed by atoms with Gasteiger partial charge in [0.05, 0.1) is 0 Å². The molecule has 0 atom stereocenters. The summed E-state index contributed by atoms with van der Waals surface area (Å²) in [6.45, 7) is 1.76. The normalized spacial score (nSPS) is 18.7. The van der Waals surface area contributed by atoms with Crippen LogP contribution in [0.2, 0.25) is 0 Å². The van der Waals surface area contributed by atoms with Gasteiger partial charge in [-0.1, -0.05) is 0 Å².